The number of likely N-dealkylation sites (N-methyl/N-ethyl adjacent to an activating group) is 1. The zero-order valence-corrected chi connectivity index (χ0v) is 20.6. The monoisotopic (exact) mass is 496 g/mol. The number of aromatic nitrogens is 1. The van der Waals surface area contributed by atoms with Crippen LogP contribution in [0.4, 0.5) is 5.13 Å². The van der Waals surface area contributed by atoms with Gasteiger partial charge >= 0.3 is 0 Å². The lowest BCUT2D eigenvalue weighted by atomic mass is 10.2. The minimum Gasteiger partial charge on any atom is -0.508 e. The van der Waals surface area contributed by atoms with Crippen LogP contribution in [-0.2, 0) is 4.79 Å². The summed E-state index contributed by atoms with van der Waals surface area (Å²) < 4.78 is 12.6. The highest BCUT2D eigenvalue weighted by Gasteiger charge is 2.16. The van der Waals surface area contributed by atoms with Crippen LogP contribution in [0.5, 0.6) is 11.5 Å². The first-order valence-corrected chi connectivity index (χ1v) is 11.7. The van der Waals surface area contributed by atoms with Crippen molar-refractivity contribution in [2.45, 2.75) is 6.92 Å². The Morgan fingerprint density at radius 3 is 2.71 bits per heavy atom. The smallest absolute Gasteiger partial charge is 0.295 e. The predicted molar refractivity (Wildman–Crippen MR) is 133 cm³/mol. The van der Waals surface area contributed by atoms with Crippen LogP contribution in [0.15, 0.2) is 52.0 Å². The van der Waals surface area contributed by atoms with E-state index in [2.05, 4.69) is 20.8 Å². The molecule has 0 bridgehead atoms. The number of phenols is 1. The average molecular weight is 497 g/mol. The van der Waals surface area contributed by atoms with Gasteiger partial charge in [0.2, 0.25) is 0 Å². The molecule has 2 aromatic carbocycles. The number of phenolic OH excluding ortho intramolecular Hbond substituents is 1. The minimum absolute atomic E-state index is 0.0323. The van der Waals surface area contributed by atoms with E-state index in [9.17, 15) is 14.7 Å². The van der Waals surface area contributed by atoms with E-state index >= 15 is 0 Å². The molecule has 182 valence electrons. The number of rotatable bonds is 7. The first-order valence-electron chi connectivity index (χ1n) is 10.9. The fraction of sp³-hybridized carbons (Fsp3) is 0.250. The van der Waals surface area contributed by atoms with Crippen LogP contribution in [0.3, 0.4) is 0 Å². The number of quaternary nitrogens is 1. The number of carbonyl (C=O) groups excluding carboxylic acids is 2. The molecular weight excluding hydrogens is 470 g/mol. The average Bonchev–Trinajstić information content (AvgIpc) is 3.17. The van der Waals surface area contributed by atoms with Gasteiger partial charge in [0, 0.05) is 17.5 Å². The Morgan fingerprint density at radius 1 is 1.17 bits per heavy atom. The second-order valence-corrected chi connectivity index (χ2v) is 9.84. The molecule has 2 heterocycles. The molecule has 10 nitrogen and oxygen atoms in total. The number of fused-ring (bicyclic) bond motifs is 2. The van der Waals surface area contributed by atoms with Gasteiger partial charge in [-0.05, 0) is 37.3 Å². The van der Waals surface area contributed by atoms with Gasteiger partial charge in [-0.3, -0.25) is 14.9 Å². The summed E-state index contributed by atoms with van der Waals surface area (Å²) in [5, 5.41) is 18.1. The van der Waals surface area contributed by atoms with Gasteiger partial charge in [-0.1, -0.05) is 11.3 Å². The lowest BCUT2D eigenvalue weighted by molar-refractivity contribution is -0.862. The van der Waals surface area contributed by atoms with Crippen molar-refractivity contribution in [2.75, 3.05) is 39.6 Å². The first kappa shape index (κ1) is 24.2. The molecule has 4 rings (SSSR count). The number of aromatic hydroxyl groups is 1. The van der Waals surface area contributed by atoms with Gasteiger partial charge in [0.1, 0.15) is 17.1 Å². The van der Waals surface area contributed by atoms with Crippen LogP contribution in [-0.4, -0.2) is 60.7 Å². The summed E-state index contributed by atoms with van der Waals surface area (Å²) in [6.07, 6.45) is 0. The normalized spacial score (nSPS) is 12.2. The maximum absolute atomic E-state index is 13.0. The lowest BCUT2D eigenvalue weighted by Gasteiger charge is -2.22. The summed E-state index contributed by atoms with van der Waals surface area (Å²) >= 11 is 1.30. The molecule has 0 aliphatic heterocycles. The van der Waals surface area contributed by atoms with Crippen LogP contribution in [0.1, 0.15) is 17.5 Å². The van der Waals surface area contributed by atoms with Gasteiger partial charge in [-0.25, -0.2) is 10.4 Å². The van der Waals surface area contributed by atoms with Crippen LogP contribution < -0.4 is 20.8 Å². The standard InChI is InChI=1S/C24H25N5O5S/c1-5-33-15-7-9-17-21(11-15)35-24(25-17)26-23(32)20-12-18(27-28-22(31)13-29(2,3)4)16-8-6-14(30)10-19(16)34-20/h6-12H,5,13H2,1-4H3,(H2-,25,26,27,28,30,31,32)/p+1. The number of hydrogen-bond donors (Lipinski definition) is 3. The number of carbonyl (C=O) groups is 2. The van der Waals surface area contributed by atoms with Crippen LogP contribution in [0.2, 0.25) is 0 Å². The summed E-state index contributed by atoms with van der Waals surface area (Å²) in [5.74, 6) is -0.193. The van der Waals surface area contributed by atoms with E-state index in [4.69, 9.17) is 9.15 Å². The van der Waals surface area contributed by atoms with Crippen molar-refractivity contribution in [3.8, 4) is 11.5 Å². The molecule has 11 heteroatoms. The fourth-order valence-electron chi connectivity index (χ4n) is 3.32. The molecule has 0 saturated heterocycles. The van der Waals surface area contributed by atoms with Crippen molar-refractivity contribution in [2.24, 2.45) is 5.10 Å². The summed E-state index contributed by atoms with van der Waals surface area (Å²) in [5.41, 5.74) is 3.49. The van der Waals surface area contributed by atoms with Crippen molar-refractivity contribution in [1.29, 1.82) is 0 Å². The van der Waals surface area contributed by atoms with Crippen molar-refractivity contribution < 1.29 is 28.3 Å². The number of ether oxygens (including phenoxy) is 1. The van der Waals surface area contributed by atoms with Gasteiger partial charge < -0.3 is 18.7 Å². The van der Waals surface area contributed by atoms with Crippen molar-refractivity contribution in [3.05, 3.63) is 53.6 Å². The summed E-state index contributed by atoms with van der Waals surface area (Å²) in [6, 6.07) is 11.4. The van der Waals surface area contributed by atoms with E-state index in [1.54, 1.807) is 6.07 Å². The first-order chi connectivity index (χ1) is 16.6. The van der Waals surface area contributed by atoms with E-state index in [-0.39, 0.29) is 29.5 Å². The Bertz CT molecular complexity index is 1490. The summed E-state index contributed by atoms with van der Waals surface area (Å²) in [7, 11) is 5.67. The Hall–Kier alpha value is -3.96. The van der Waals surface area contributed by atoms with Crippen molar-refractivity contribution in [3.63, 3.8) is 0 Å². The van der Waals surface area contributed by atoms with Crippen LogP contribution in [0, 0.1) is 0 Å². The second kappa shape index (κ2) is 9.72. The predicted octanol–water partition coefficient (Wildman–Crippen LogP) is 3.04. The maximum Gasteiger partial charge on any atom is 0.295 e. The molecule has 0 aliphatic rings. The molecule has 2 amide bonds. The number of anilines is 1. The largest absolute Gasteiger partial charge is 0.508 e. The maximum atomic E-state index is 13.0. The fourth-order valence-corrected chi connectivity index (χ4v) is 4.21. The molecule has 0 atom stereocenters. The lowest BCUT2D eigenvalue weighted by Crippen LogP contribution is -2.43. The van der Waals surface area contributed by atoms with Crippen molar-refractivity contribution in [1.82, 2.24) is 10.4 Å². The molecule has 0 aliphatic carbocycles. The number of benzene rings is 2. The number of hydrogen-bond acceptors (Lipinski definition) is 8. The molecule has 4 aromatic rings. The van der Waals surface area contributed by atoms with Gasteiger partial charge in [0.15, 0.2) is 17.4 Å². The zero-order valence-electron chi connectivity index (χ0n) is 19.8. The third-order valence-electron chi connectivity index (χ3n) is 4.76. The number of amides is 2. The van der Waals surface area contributed by atoms with Crippen molar-refractivity contribution >= 4 is 49.5 Å². The summed E-state index contributed by atoms with van der Waals surface area (Å²) in [6.45, 7) is 2.68. The van der Waals surface area contributed by atoms with E-state index in [1.807, 2.05) is 46.3 Å². The second-order valence-electron chi connectivity index (χ2n) is 8.81. The molecular formula is C24H26N5O5S+. The number of nitrogens with one attached hydrogen (secondary N) is 2. The van der Waals surface area contributed by atoms with E-state index in [1.165, 1.54) is 29.5 Å². The highest BCUT2D eigenvalue weighted by Crippen LogP contribution is 2.29. The number of nitrogens with zero attached hydrogens (tertiary/aromatic N) is 3. The minimum atomic E-state index is -0.548. The Kier molecular flexibility index (Phi) is 6.72. The molecule has 2 aromatic heterocycles. The SMILES string of the molecule is CCOc1ccc2nc(NC(=O)c3c/c(=N/NC(=O)C[N+](C)(C)C)c4ccc(O)cc4o3)sc2c1. The molecule has 0 fully saturated rings. The highest BCUT2D eigenvalue weighted by molar-refractivity contribution is 7.22. The highest BCUT2D eigenvalue weighted by atomic mass is 32.1. The topological polar surface area (TPSA) is 126 Å². The molecule has 35 heavy (non-hydrogen) atoms. The molecule has 3 N–H and O–H groups in total. The molecule has 0 radical (unpaired) electrons. The van der Waals surface area contributed by atoms with Gasteiger partial charge in [-0.15, -0.1) is 0 Å². The van der Waals surface area contributed by atoms with E-state index < -0.39 is 5.91 Å². The van der Waals surface area contributed by atoms with E-state index in [0.717, 1.165) is 16.0 Å². The molecule has 0 saturated carbocycles. The van der Waals surface area contributed by atoms with Crippen LogP contribution in [0.25, 0.3) is 21.2 Å². The zero-order chi connectivity index (χ0) is 25.2. The van der Waals surface area contributed by atoms with Gasteiger partial charge in [-0.2, -0.15) is 5.10 Å². The van der Waals surface area contributed by atoms with Gasteiger partial charge in [0.05, 0.1) is 43.3 Å². The third-order valence-corrected chi connectivity index (χ3v) is 5.70. The third kappa shape index (κ3) is 5.94. The van der Waals surface area contributed by atoms with Gasteiger partial charge in [0.25, 0.3) is 11.8 Å². The molecule has 0 unspecified atom stereocenters. The summed E-state index contributed by atoms with van der Waals surface area (Å²) in [4.78, 5) is 29.7. The molecule has 0 spiro atoms. The van der Waals surface area contributed by atoms with E-state index in [0.29, 0.717) is 27.0 Å². The Balaban J connectivity index is 1.65. The number of thiazole rings is 1. The quantitative estimate of drug-likeness (QED) is 0.267. The Morgan fingerprint density at radius 2 is 1.97 bits per heavy atom. The van der Waals surface area contributed by atoms with Crippen LogP contribution >= 0.6 is 11.3 Å². The Labute approximate surface area is 205 Å².